The van der Waals surface area contributed by atoms with Gasteiger partial charge in [-0.2, -0.15) is 0 Å². The van der Waals surface area contributed by atoms with Gasteiger partial charge in [-0.05, 0) is 31.5 Å². The van der Waals surface area contributed by atoms with E-state index in [0.717, 1.165) is 10.5 Å². The lowest BCUT2D eigenvalue weighted by Crippen LogP contribution is -2.55. The third-order valence-electron chi connectivity index (χ3n) is 5.13. The first-order chi connectivity index (χ1) is 13.8. The van der Waals surface area contributed by atoms with Crippen molar-refractivity contribution in [2.75, 3.05) is 32.7 Å². The van der Waals surface area contributed by atoms with Gasteiger partial charge in [0, 0.05) is 39.0 Å². The minimum Gasteiger partial charge on any atom is -0.479 e. The smallest absolute Gasteiger partial charge is 0.263 e. The van der Waals surface area contributed by atoms with Crippen LogP contribution in [0.2, 0.25) is 5.02 Å². The molecule has 4 amide bonds. The van der Waals surface area contributed by atoms with Crippen molar-refractivity contribution in [3.63, 3.8) is 0 Å². The van der Waals surface area contributed by atoms with Gasteiger partial charge in [0.2, 0.25) is 17.7 Å². The third-order valence-corrected chi connectivity index (χ3v) is 5.44. The van der Waals surface area contributed by atoms with Crippen LogP contribution in [0, 0.1) is 6.92 Å². The van der Waals surface area contributed by atoms with Gasteiger partial charge in [0.1, 0.15) is 12.3 Å². The summed E-state index contributed by atoms with van der Waals surface area (Å²) >= 11 is 6.13. The predicted octanol–water partition coefficient (Wildman–Crippen LogP) is 1.24. The number of amides is 4. The Balaban J connectivity index is 1.51. The lowest BCUT2D eigenvalue weighted by Gasteiger charge is -2.36. The van der Waals surface area contributed by atoms with E-state index < -0.39 is 6.10 Å². The molecule has 1 unspecified atom stereocenters. The van der Waals surface area contributed by atoms with Gasteiger partial charge < -0.3 is 14.5 Å². The quantitative estimate of drug-likeness (QED) is 0.667. The molecule has 1 aromatic rings. The zero-order chi connectivity index (χ0) is 21.1. The highest BCUT2D eigenvalue weighted by Crippen LogP contribution is 2.26. The molecule has 2 aliphatic heterocycles. The number of hydrogen-bond donors (Lipinski definition) is 0. The van der Waals surface area contributed by atoms with Crippen molar-refractivity contribution in [1.29, 1.82) is 0 Å². The average Bonchev–Trinajstić information content (AvgIpc) is 3.02. The topological polar surface area (TPSA) is 87.2 Å². The van der Waals surface area contributed by atoms with E-state index in [0.29, 0.717) is 37.0 Å². The van der Waals surface area contributed by atoms with E-state index in [2.05, 4.69) is 0 Å². The largest absolute Gasteiger partial charge is 0.479 e. The molecular formula is C20H24ClN3O5. The molecule has 156 valence electrons. The molecule has 2 saturated heterocycles. The standard InChI is InChI=1S/C20H24ClN3O5/c1-13-3-4-15(21)16(11-13)29-14(2)20(28)23-9-7-22(8-10-23)19(27)12-24-17(25)5-6-18(24)26/h3-4,11,14H,5-10,12H2,1-2H3. The summed E-state index contributed by atoms with van der Waals surface area (Å²) in [5.74, 6) is -0.617. The monoisotopic (exact) mass is 421 g/mol. The summed E-state index contributed by atoms with van der Waals surface area (Å²) in [5.41, 5.74) is 0.978. The SMILES string of the molecule is Cc1ccc(Cl)c(OC(C)C(=O)N2CCN(C(=O)CN3C(=O)CCC3=O)CC2)c1. The van der Waals surface area contributed by atoms with Gasteiger partial charge in [-0.15, -0.1) is 0 Å². The highest BCUT2D eigenvalue weighted by Gasteiger charge is 2.33. The number of benzene rings is 1. The van der Waals surface area contributed by atoms with Crippen molar-refractivity contribution in [1.82, 2.24) is 14.7 Å². The Kier molecular flexibility index (Phi) is 6.42. The van der Waals surface area contributed by atoms with Gasteiger partial charge in [-0.3, -0.25) is 24.1 Å². The number of rotatable bonds is 5. The second-order valence-electron chi connectivity index (χ2n) is 7.27. The fourth-order valence-corrected chi connectivity index (χ4v) is 3.57. The Morgan fingerprint density at radius 1 is 1.07 bits per heavy atom. The van der Waals surface area contributed by atoms with Crippen LogP contribution in [0.4, 0.5) is 0 Å². The Hall–Kier alpha value is -2.61. The number of halogens is 1. The highest BCUT2D eigenvalue weighted by atomic mass is 35.5. The molecule has 8 nitrogen and oxygen atoms in total. The van der Waals surface area contributed by atoms with Gasteiger partial charge in [-0.25, -0.2) is 0 Å². The van der Waals surface area contributed by atoms with Crippen molar-refractivity contribution >= 4 is 35.2 Å². The number of piperazine rings is 1. The van der Waals surface area contributed by atoms with E-state index in [9.17, 15) is 19.2 Å². The summed E-state index contributed by atoms with van der Waals surface area (Å²) in [4.78, 5) is 52.7. The number of aryl methyl sites for hydroxylation is 1. The minimum atomic E-state index is -0.712. The van der Waals surface area contributed by atoms with Crippen LogP contribution in [-0.2, 0) is 19.2 Å². The minimum absolute atomic E-state index is 0.164. The molecule has 9 heteroatoms. The van der Waals surface area contributed by atoms with E-state index in [1.165, 1.54) is 0 Å². The maximum Gasteiger partial charge on any atom is 0.263 e. The summed E-state index contributed by atoms with van der Waals surface area (Å²) in [5, 5.41) is 0.441. The third kappa shape index (κ3) is 4.87. The molecule has 2 fully saturated rings. The van der Waals surface area contributed by atoms with Crippen molar-refractivity contribution in [3.05, 3.63) is 28.8 Å². The first-order valence-corrected chi connectivity index (χ1v) is 9.96. The van der Waals surface area contributed by atoms with Crippen molar-refractivity contribution < 1.29 is 23.9 Å². The van der Waals surface area contributed by atoms with Crippen molar-refractivity contribution in [2.24, 2.45) is 0 Å². The lowest BCUT2D eigenvalue weighted by molar-refractivity contribution is -0.148. The molecule has 1 aromatic carbocycles. The normalized spacial score (nSPS) is 18.2. The number of hydrogen-bond acceptors (Lipinski definition) is 5. The molecule has 0 spiro atoms. The van der Waals surface area contributed by atoms with E-state index in [-0.39, 0.29) is 43.0 Å². The Bertz CT molecular complexity index is 819. The Morgan fingerprint density at radius 3 is 2.28 bits per heavy atom. The summed E-state index contributed by atoms with van der Waals surface area (Å²) in [7, 11) is 0. The first kappa shape index (κ1) is 21.1. The molecule has 2 heterocycles. The van der Waals surface area contributed by atoms with Gasteiger partial charge >= 0.3 is 0 Å². The summed E-state index contributed by atoms with van der Waals surface area (Å²) in [6, 6.07) is 5.37. The van der Waals surface area contributed by atoms with E-state index in [1.54, 1.807) is 28.9 Å². The molecule has 0 aromatic heterocycles. The number of ether oxygens (including phenoxy) is 1. The van der Waals surface area contributed by atoms with Crippen LogP contribution in [0.1, 0.15) is 25.3 Å². The van der Waals surface area contributed by atoms with E-state index >= 15 is 0 Å². The maximum absolute atomic E-state index is 12.7. The van der Waals surface area contributed by atoms with Crippen LogP contribution >= 0.6 is 11.6 Å². The molecular weight excluding hydrogens is 398 g/mol. The predicted molar refractivity (Wildman–Crippen MR) is 105 cm³/mol. The Labute approximate surface area is 174 Å². The van der Waals surface area contributed by atoms with Gasteiger partial charge in [0.15, 0.2) is 6.10 Å². The number of nitrogens with zero attached hydrogens (tertiary/aromatic N) is 3. The fraction of sp³-hybridized carbons (Fsp3) is 0.500. The lowest BCUT2D eigenvalue weighted by atomic mass is 10.2. The first-order valence-electron chi connectivity index (χ1n) is 9.59. The van der Waals surface area contributed by atoms with Crippen LogP contribution in [0.3, 0.4) is 0 Å². The average molecular weight is 422 g/mol. The van der Waals surface area contributed by atoms with Crippen LogP contribution in [0.15, 0.2) is 18.2 Å². The van der Waals surface area contributed by atoms with E-state index in [1.807, 2.05) is 13.0 Å². The highest BCUT2D eigenvalue weighted by molar-refractivity contribution is 6.32. The zero-order valence-corrected chi connectivity index (χ0v) is 17.3. The molecule has 1 atom stereocenters. The molecule has 3 rings (SSSR count). The fourth-order valence-electron chi connectivity index (χ4n) is 3.41. The van der Waals surface area contributed by atoms with Gasteiger partial charge in [0.25, 0.3) is 5.91 Å². The van der Waals surface area contributed by atoms with Crippen molar-refractivity contribution in [3.8, 4) is 5.75 Å². The number of likely N-dealkylation sites (tertiary alicyclic amines) is 1. The van der Waals surface area contributed by atoms with Crippen LogP contribution in [0.5, 0.6) is 5.75 Å². The van der Waals surface area contributed by atoms with E-state index in [4.69, 9.17) is 16.3 Å². The summed E-state index contributed by atoms with van der Waals surface area (Å²) in [6.45, 7) is 4.77. The molecule has 2 aliphatic rings. The van der Waals surface area contributed by atoms with Crippen LogP contribution < -0.4 is 4.74 Å². The number of carbonyl (C=O) groups is 4. The number of carbonyl (C=O) groups excluding carboxylic acids is 4. The molecule has 29 heavy (non-hydrogen) atoms. The molecule has 0 radical (unpaired) electrons. The zero-order valence-electron chi connectivity index (χ0n) is 16.5. The number of imide groups is 1. The molecule has 0 N–H and O–H groups in total. The second-order valence-corrected chi connectivity index (χ2v) is 7.68. The molecule has 0 bridgehead atoms. The maximum atomic E-state index is 12.7. The van der Waals surface area contributed by atoms with Crippen molar-refractivity contribution in [2.45, 2.75) is 32.8 Å². The van der Waals surface area contributed by atoms with Gasteiger partial charge in [-0.1, -0.05) is 17.7 Å². The van der Waals surface area contributed by atoms with Gasteiger partial charge in [0.05, 0.1) is 5.02 Å². The summed E-state index contributed by atoms with van der Waals surface area (Å²) in [6.07, 6.45) is -0.384. The second kappa shape index (κ2) is 8.82. The Morgan fingerprint density at radius 2 is 1.66 bits per heavy atom. The molecule has 0 aliphatic carbocycles. The summed E-state index contributed by atoms with van der Waals surface area (Å²) < 4.78 is 5.74. The molecule has 0 saturated carbocycles. The van der Waals surface area contributed by atoms with Crippen LogP contribution in [0.25, 0.3) is 0 Å². The van der Waals surface area contributed by atoms with Crippen LogP contribution in [-0.4, -0.2) is 77.2 Å².